The van der Waals surface area contributed by atoms with Crippen LogP contribution in [0, 0.1) is 5.92 Å². The molecule has 0 aromatic carbocycles. The molecule has 1 aliphatic carbocycles. The van der Waals surface area contributed by atoms with E-state index in [0.29, 0.717) is 26.0 Å². The summed E-state index contributed by atoms with van der Waals surface area (Å²) < 4.78 is 10.6. The highest BCUT2D eigenvalue weighted by atomic mass is 16.6. The van der Waals surface area contributed by atoms with Crippen molar-refractivity contribution in [3.63, 3.8) is 0 Å². The summed E-state index contributed by atoms with van der Waals surface area (Å²) in [6.45, 7) is 6.30. The Morgan fingerprint density at radius 1 is 1.06 bits per heavy atom. The Hall–Kier alpha value is -1.81. The van der Waals surface area contributed by atoms with E-state index >= 15 is 0 Å². The summed E-state index contributed by atoms with van der Waals surface area (Å²) in [6, 6.07) is -1.31. The second kappa shape index (κ2) is 10.9. The fourth-order valence-corrected chi connectivity index (χ4v) is 4.95. The maximum absolute atomic E-state index is 13.6. The van der Waals surface area contributed by atoms with Crippen LogP contribution in [0.1, 0.15) is 78.6 Å². The minimum atomic E-state index is -1.03. The monoisotopic (exact) mass is 451 g/mol. The van der Waals surface area contributed by atoms with E-state index in [0.717, 1.165) is 44.9 Å². The van der Waals surface area contributed by atoms with E-state index in [4.69, 9.17) is 9.39 Å². The molecule has 9 nitrogen and oxygen atoms in total. The molecule has 2 saturated heterocycles. The summed E-state index contributed by atoms with van der Waals surface area (Å²) in [5.74, 6) is -0.935. The Bertz CT molecular complexity index is 679. The van der Waals surface area contributed by atoms with Gasteiger partial charge in [-0.2, -0.15) is 0 Å². The fraction of sp³-hybridized carbons (Fsp3) is 0.864. The topological polar surface area (TPSA) is 117 Å². The van der Waals surface area contributed by atoms with Crippen LogP contribution in [0.15, 0.2) is 0 Å². The summed E-state index contributed by atoms with van der Waals surface area (Å²) in [5.41, 5.74) is -0.663. The lowest BCUT2D eigenvalue weighted by molar-refractivity contribution is -0.141. The van der Waals surface area contributed by atoms with Gasteiger partial charge in [-0.3, -0.25) is 9.59 Å². The van der Waals surface area contributed by atoms with Crippen molar-refractivity contribution in [3.8, 4) is 0 Å². The Balaban J connectivity index is 1.70. The van der Waals surface area contributed by atoms with Crippen LogP contribution in [0.5, 0.6) is 0 Å². The van der Waals surface area contributed by atoms with Crippen LogP contribution in [0.3, 0.4) is 0 Å². The standard InChI is InChI=1S/C22H38BN3O6/c1-22(2,3)32-21(29)25-18(15-9-5-4-6-10-15)20(28)26-13-7-11-16(26)19(27)24-17-12-8-14-31-23(17)30/h15-18,30H,4-14H2,1-3H3,(H,24,27)(H,25,29)/t16-,17-,18-/m0/s1. The van der Waals surface area contributed by atoms with Gasteiger partial charge in [-0.25, -0.2) is 4.79 Å². The maximum Gasteiger partial charge on any atom is 0.478 e. The molecule has 1 saturated carbocycles. The van der Waals surface area contributed by atoms with Crippen LogP contribution in [0.25, 0.3) is 0 Å². The third kappa shape index (κ3) is 6.60. The van der Waals surface area contributed by atoms with Crippen LogP contribution in [-0.4, -0.2) is 71.7 Å². The van der Waals surface area contributed by atoms with E-state index in [1.54, 1.807) is 25.7 Å². The van der Waals surface area contributed by atoms with Crippen LogP contribution in [0.2, 0.25) is 0 Å². The van der Waals surface area contributed by atoms with Crippen LogP contribution in [-0.2, 0) is 19.0 Å². The first-order valence-electron chi connectivity index (χ1n) is 12.1. The van der Waals surface area contributed by atoms with Gasteiger partial charge in [0, 0.05) is 13.2 Å². The number of amides is 3. The number of carbonyl (C=O) groups excluding carboxylic acids is 3. The molecule has 180 valence electrons. The third-order valence-electron chi connectivity index (χ3n) is 6.52. The number of nitrogens with one attached hydrogen (secondary N) is 2. The van der Waals surface area contributed by atoms with E-state index in [-0.39, 0.29) is 17.7 Å². The molecule has 0 unspecified atom stereocenters. The molecular formula is C22H38BN3O6. The van der Waals surface area contributed by atoms with Crippen LogP contribution in [0.4, 0.5) is 4.79 Å². The number of hydrogen-bond acceptors (Lipinski definition) is 6. The van der Waals surface area contributed by atoms with Crippen molar-refractivity contribution in [1.82, 2.24) is 15.5 Å². The van der Waals surface area contributed by atoms with E-state index in [1.165, 1.54) is 0 Å². The van der Waals surface area contributed by atoms with Crippen LogP contribution >= 0.6 is 0 Å². The normalized spacial score (nSPS) is 25.9. The molecule has 10 heteroatoms. The third-order valence-corrected chi connectivity index (χ3v) is 6.52. The number of rotatable bonds is 5. The summed E-state index contributed by atoms with van der Waals surface area (Å²) in [7, 11) is -1.03. The number of carbonyl (C=O) groups is 3. The lowest BCUT2D eigenvalue weighted by Gasteiger charge is -2.35. The second-order valence-corrected chi connectivity index (χ2v) is 10.2. The first kappa shape index (κ1) is 24.8. The molecule has 3 aliphatic rings. The summed E-state index contributed by atoms with van der Waals surface area (Å²) in [6.07, 6.45) is 6.97. The van der Waals surface area contributed by atoms with Gasteiger partial charge in [-0.05, 0) is 65.2 Å². The number of nitrogens with zero attached hydrogens (tertiary/aromatic N) is 1. The molecule has 0 aromatic rings. The van der Waals surface area contributed by atoms with Gasteiger partial charge in [-0.1, -0.05) is 19.3 Å². The Morgan fingerprint density at radius 3 is 2.44 bits per heavy atom. The highest BCUT2D eigenvalue weighted by Crippen LogP contribution is 2.29. The number of likely N-dealkylation sites (tertiary alicyclic amines) is 1. The smallest absolute Gasteiger partial charge is 0.444 e. The predicted molar refractivity (Wildman–Crippen MR) is 120 cm³/mol. The van der Waals surface area contributed by atoms with Gasteiger partial charge < -0.3 is 29.9 Å². The highest BCUT2D eigenvalue weighted by Gasteiger charge is 2.42. The molecule has 0 spiro atoms. The van der Waals surface area contributed by atoms with Gasteiger partial charge in [0.1, 0.15) is 17.7 Å². The SMILES string of the molecule is CC(C)(C)OC(=O)N[C@H](C(=O)N1CCC[C@H]1C(=O)N[C@H]1CCCOB1O)C1CCCCC1. The van der Waals surface area contributed by atoms with Crippen LogP contribution < -0.4 is 10.6 Å². The lowest BCUT2D eigenvalue weighted by Crippen LogP contribution is -2.59. The van der Waals surface area contributed by atoms with E-state index in [2.05, 4.69) is 10.6 Å². The van der Waals surface area contributed by atoms with Crippen molar-refractivity contribution in [2.24, 2.45) is 5.92 Å². The van der Waals surface area contributed by atoms with Crippen molar-refractivity contribution in [3.05, 3.63) is 0 Å². The minimum absolute atomic E-state index is 0.0293. The highest BCUT2D eigenvalue weighted by molar-refractivity contribution is 6.45. The summed E-state index contributed by atoms with van der Waals surface area (Å²) in [5, 5.41) is 15.7. The fourth-order valence-electron chi connectivity index (χ4n) is 4.95. The average molecular weight is 451 g/mol. The van der Waals surface area contributed by atoms with E-state index < -0.39 is 36.8 Å². The largest absolute Gasteiger partial charge is 0.478 e. The zero-order valence-electron chi connectivity index (χ0n) is 19.6. The van der Waals surface area contributed by atoms with Crippen molar-refractivity contribution >= 4 is 25.0 Å². The molecule has 32 heavy (non-hydrogen) atoms. The summed E-state index contributed by atoms with van der Waals surface area (Å²) in [4.78, 5) is 40.7. The molecule has 0 bridgehead atoms. The number of ether oxygens (including phenoxy) is 1. The quantitative estimate of drug-likeness (QED) is 0.549. The zero-order valence-corrected chi connectivity index (χ0v) is 19.6. The molecule has 0 aromatic heterocycles. The zero-order chi connectivity index (χ0) is 23.3. The first-order chi connectivity index (χ1) is 15.2. The lowest BCUT2D eigenvalue weighted by atomic mass is 9.74. The number of alkyl carbamates (subject to hydrolysis) is 1. The molecule has 2 aliphatic heterocycles. The van der Waals surface area contributed by atoms with Gasteiger partial charge in [0.05, 0.1) is 5.94 Å². The van der Waals surface area contributed by atoms with Gasteiger partial charge in [0.2, 0.25) is 11.8 Å². The predicted octanol–water partition coefficient (Wildman–Crippen LogP) is 1.77. The molecule has 3 fully saturated rings. The second-order valence-electron chi connectivity index (χ2n) is 10.2. The molecule has 3 atom stereocenters. The maximum atomic E-state index is 13.6. The Morgan fingerprint density at radius 2 is 1.78 bits per heavy atom. The Labute approximate surface area is 191 Å². The molecule has 0 radical (unpaired) electrons. The van der Waals surface area contributed by atoms with Gasteiger partial charge in [0.25, 0.3) is 0 Å². The molecule has 3 N–H and O–H groups in total. The van der Waals surface area contributed by atoms with E-state index in [9.17, 15) is 19.4 Å². The molecular weight excluding hydrogens is 413 g/mol. The van der Waals surface area contributed by atoms with Crippen molar-refractivity contribution < 1.29 is 28.8 Å². The Kier molecular flexibility index (Phi) is 8.44. The number of hydrogen-bond donors (Lipinski definition) is 3. The van der Waals surface area contributed by atoms with Crippen molar-refractivity contribution in [2.45, 2.75) is 102 Å². The first-order valence-corrected chi connectivity index (χ1v) is 12.1. The van der Waals surface area contributed by atoms with Gasteiger partial charge in [0.15, 0.2) is 0 Å². The van der Waals surface area contributed by atoms with Crippen molar-refractivity contribution in [1.29, 1.82) is 0 Å². The summed E-state index contributed by atoms with van der Waals surface area (Å²) >= 11 is 0. The van der Waals surface area contributed by atoms with Gasteiger partial charge >= 0.3 is 13.2 Å². The van der Waals surface area contributed by atoms with Crippen molar-refractivity contribution in [2.75, 3.05) is 13.2 Å². The average Bonchev–Trinajstić information content (AvgIpc) is 3.23. The molecule has 2 heterocycles. The minimum Gasteiger partial charge on any atom is -0.444 e. The van der Waals surface area contributed by atoms with Gasteiger partial charge in [-0.15, -0.1) is 0 Å². The molecule has 3 rings (SSSR count). The molecule has 3 amide bonds. The van der Waals surface area contributed by atoms with E-state index in [1.807, 2.05) is 0 Å².